The lowest BCUT2D eigenvalue weighted by molar-refractivity contribution is 0.0936. The summed E-state index contributed by atoms with van der Waals surface area (Å²) in [5.41, 5.74) is 7.21. The summed E-state index contributed by atoms with van der Waals surface area (Å²) in [6.07, 6.45) is 0.845. The topological polar surface area (TPSA) is 55.1 Å². The van der Waals surface area contributed by atoms with Crippen molar-refractivity contribution in [1.29, 1.82) is 0 Å². The monoisotopic (exact) mass is 284 g/mol. The van der Waals surface area contributed by atoms with Gasteiger partial charge < -0.3 is 11.1 Å². The maximum atomic E-state index is 11.9. The fourth-order valence-electron chi connectivity index (χ4n) is 1.47. The average molecular weight is 285 g/mol. The molecular weight excluding hydrogens is 268 g/mol. The number of nitrogens with two attached hydrogens (primary N) is 1. The smallest absolute Gasteiger partial charge is 0.251 e. The molecule has 0 aliphatic carbocycles. The quantitative estimate of drug-likeness (QED) is 0.891. The predicted molar refractivity (Wildman–Crippen MR) is 69.5 cm³/mol. The zero-order chi connectivity index (χ0) is 12.1. The Kier molecular flexibility index (Phi) is 4.96. The molecule has 0 aromatic heterocycles. The first-order chi connectivity index (χ1) is 7.58. The van der Waals surface area contributed by atoms with Crippen molar-refractivity contribution in [2.75, 3.05) is 6.54 Å². The molecule has 4 heteroatoms. The van der Waals surface area contributed by atoms with Gasteiger partial charge in [0.15, 0.2) is 0 Å². The van der Waals surface area contributed by atoms with E-state index in [1.807, 2.05) is 32.0 Å². The van der Waals surface area contributed by atoms with E-state index < -0.39 is 0 Å². The number of carbonyl (C=O) groups excluding carboxylic acids is 1. The van der Waals surface area contributed by atoms with Crippen LogP contribution in [0.4, 0.5) is 0 Å². The van der Waals surface area contributed by atoms with Gasteiger partial charge in [0.1, 0.15) is 0 Å². The summed E-state index contributed by atoms with van der Waals surface area (Å²) in [5, 5.41) is 2.91. The van der Waals surface area contributed by atoms with Crippen LogP contribution in [0.15, 0.2) is 22.7 Å². The largest absolute Gasteiger partial charge is 0.348 e. The molecule has 16 heavy (non-hydrogen) atoms. The van der Waals surface area contributed by atoms with Gasteiger partial charge in [-0.1, -0.05) is 22.9 Å². The van der Waals surface area contributed by atoms with Crippen molar-refractivity contribution in [2.24, 2.45) is 5.73 Å². The number of carbonyl (C=O) groups is 1. The molecule has 0 aliphatic rings. The number of hydrogen-bond acceptors (Lipinski definition) is 2. The Hall–Kier alpha value is -0.870. The Morgan fingerprint density at radius 2 is 2.25 bits per heavy atom. The van der Waals surface area contributed by atoms with E-state index in [1.165, 1.54) is 0 Å². The van der Waals surface area contributed by atoms with Gasteiger partial charge in [-0.15, -0.1) is 0 Å². The van der Waals surface area contributed by atoms with Crippen LogP contribution in [-0.2, 0) is 0 Å². The van der Waals surface area contributed by atoms with Crippen molar-refractivity contribution < 1.29 is 4.79 Å². The number of aryl methyl sites for hydroxylation is 1. The Morgan fingerprint density at radius 3 is 2.75 bits per heavy atom. The van der Waals surface area contributed by atoms with Crippen LogP contribution >= 0.6 is 15.9 Å². The van der Waals surface area contributed by atoms with Crippen molar-refractivity contribution in [3.05, 3.63) is 33.8 Å². The molecule has 3 N–H and O–H groups in total. The fraction of sp³-hybridized carbons (Fsp3) is 0.417. The van der Waals surface area contributed by atoms with Gasteiger partial charge in [-0.2, -0.15) is 0 Å². The molecule has 1 amide bonds. The van der Waals surface area contributed by atoms with E-state index in [4.69, 9.17) is 5.73 Å². The summed E-state index contributed by atoms with van der Waals surface area (Å²) < 4.78 is 0.979. The second-order valence-corrected chi connectivity index (χ2v) is 4.69. The number of nitrogens with one attached hydrogen (secondary N) is 1. The van der Waals surface area contributed by atoms with Crippen molar-refractivity contribution >= 4 is 21.8 Å². The van der Waals surface area contributed by atoms with Crippen LogP contribution in [0.25, 0.3) is 0 Å². The molecule has 0 bridgehead atoms. The average Bonchev–Trinajstić information content (AvgIpc) is 2.25. The van der Waals surface area contributed by atoms with Gasteiger partial charge in [0.25, 0.3) is 5.91 Å². The molecule has 0 radical (unpaired) electrons. The van der Waals surface area contributed by atoms with Gasteiger partial charge >= 0.3 is 0 Å². The zero-order valence-corrected chi connectivity index (χ0v) is 11.2. The molecular formula is C12H17BrN2O. The molecule has 3 nitrogen and oxygen atoms in total. The summed E-state index contributed by atoms with van der Waals surface area (Å²) in [5.74, 6) is -0.0534. The van der Waals surface area contributed by atoms with E-state index in [0.717, 1.165) is 16.5 Å². The first-order valence-electron chi connectivity index (χ1n) is 5.35. The van der Waals surface area contributed by atoms with E-state index in [2.05, 4.69) is 21.2 Å². The summed E-state index contributed by atoms with van der Waals surface area (Å²) in [6.45, 7) is 4.40. The third-order valence-corrected chi connectivity index (χ3v) is 3.04. The van der Waals surface area contributed by atoms with E-state index in [0.29, 0.717) is 12.1 Å². The maximum absolute atomic E-state index is 11.9. The molecule has 1 aromatic carbocycles. The normalized spacial score (nSPS) is 12.2. The van der Waals surface area contributed by atoms with Crippen LogP contribution in [0.3, 0.4) is 0 Å². The van der Waals surface area contributed by atoms with E-state index in [-0.39, 0.29) is 11.9 Å². The maximum Gasteiger partial charge on any atom is 0.251 e. The van der Waals surface area contributed by atoms with Gasteiger partial charge in [-0.3, -0.25) is 4.79 Å². The van der Waals surface area contributed by atoms with Crippen LogP contribution in [0.5, 0.6) is 0 Å². The van der Waals surface area contributed by atoms with Crippen LogP contribution < -0.4 is 11.1 Å². The standard InChI is InChI=1S/C12H17BrN2O/c1-3-10(7-14)15-12(16)11-5-4-9(13)6-8(11)2/h4-6,10H,3,7,14H2,1-2H3,(H,15,16). The van der Waals surface area contributed by atoms with Crippen molar-refractivity contribution in [3.63, 3.8) is 0 Å². The summed E-state index contributed by atoms with van der Waals surface area (Å²) in [6, 6.07) is 5.66. The van der Waals surface area contributed by atoms with Gasteiger partial charge in [0.2, 0.25) is 0 Å². The lowest BCUT2D eigenvalue weighted by Gasteiger charge is -2.15. The van der Waals surface area contributed by atoms with Crippen LogP contribution in [0, 0.1) is 6.92 Å². The molecule has 0 spiro atoms. The van der Waals surface area contributed by atoms with Crippen LogP contribution in [-0.4, -0.2) is 18.5 Å². The highest BCUT2D eigenvalue weighted by Gasteiger charge is 2.12. The second-order valence-electron chi connectivity index (χ2n) is 3.77. The molecule has 0 fully saturated rings. The molecule has 0 heterocycles. The molecule has 88 valence electrons. The highest BCUT2D eigenvalue weighted by atomic mass is 79.9. The Labute approximate surface area is 105 Å². The fourth-order valence-corrected chi connectivity index (χ4v) is 1.95. The number of amides is 1. The minimum absolute atomic E-state index is 0.0514. The highest BCUT2D eigenvalue weighted by molar-refractivity contribution is 9.10. The molecule has 0 aliphatic heterocycles. The van der Waals surface area contributed by atoms with Gasteiger partial charge in [-0.05, 0) is 37.1 Å². The summed E-state index contributed by atoms with van der Waals surface area (Å²) in [7, 11) is 0. The lowest BCUT2D eigenvalue weighted by Crippen LogP contribution is -2.39. The van der Waals surface area contributed by atoms with Gasteiger partial charge in [0, 0.05) is 22.6 Å². The third-order valence-electron chi connectivity index (χ3n) is 2.55. The number of rotatable bonds is 4. The molecule has 1 rings (SSSR count). The number of hydrogen-bond donors (Lipinski definition) is 2. The minimum atomic E-state index is -0.0534. The Morgan fingerprint density at radius 1 is 1.56 bits per heavy atom. The molecule has 0 saturated carbocycles. The van der Waals surface area contributed by atoms with E-state index in [1.54, 1.807) is 0 Å². The number of benzene rings is 1. The minimum Gasteiger partial charge on any atom is -0.348 e. The van der Waals surface area contributed by atoms with Gasteiger partial charge in [0.05, 0.1) is 0 Å². The Bertz CT molecular complexity index is 375. The molecule has 0 saturated heterocycles. The first-order valence-corrected chi connectivity index (χ1v) is 6.14. The molecule has 1 unspecified atom stereocenters. The van der Waals surface area contributed by atoms with Gasteiger partial charge in [-0.25, -0.2) is 0 Å². The summed E-state index contributed by atoms with van der Waals surface area (Å²) >= 11 is 3.37. The third kappa shape index (κ3) is 3.32. The molecule has 1 aromatic rings. The lowest BCUT2D eigenvalue weighted by atomic mass is 10.1. The van der Waals surface area contributed by atoms with Crippen LogP contribution in [0.2, 0.25) is 0 Å². The highest BCUT2D eigenvalue weighted by Crippen LogP contribution is 2.15. The van der Waals surface area contributed by atoms with Crippen molar-refractivity contribution in [3.8, 4) is 0 Å². The van der Waals surface area contributed by atoms with E-state index in [9.17, 15) is 4.79 Å². The van der Waals surface area contributed by atoms with E-state index >= 15 is 0 Å². The van der Waals surface area contributed by atoms with Crippen LogP contribution in [0.1, 0.15) is 29.3 Å². The van der Waals surface area contributed by atoms with Crippen molar-refractivity contribution in [1.82, 2.24) is 5.32 Å². The number of halogens is 1. The van der Waals surface area contributed by atoms with Crippen molar-refractivity contribution in [2.45, 2.75) is 26.3 Å². The Balaban J connectivity index is 2.80. The second kappa shape index (κ2) is 6.01. The SMILES string of the molecule is CCC(CN)NC(=O)c1ccc(Br)cc1C. The summed E-state index contributed by atoms with van der Waals surface area (Å²) in [4.78, 5) is 11.9. The zero-order valence-electron chi connectivity index (χ0n) is 9.59. The first kappa shape index (κ1) is 13.2. The molecule has 1 atom stereocenters. The predicted octanol–water partition coefficient (Wildman–Crippen LogP) is 2.22.